The molecule has 1 aliphatic heterocycles. The SMILES string of the molecule is CC1CN(C)CCN1c1nc2c(cc1C(N)=S)CCC2. The van der Waals surface area contributed by atoms with E-state index < -0.39 is 0 Å². The van der Waals surface area contributed by atoms with E-state index in [9.17, 15) is 0 Å². The fourth-order valence-electron chi connectivity index (χ4n) is 3.32. The first-order valence-electron chi connectivity index (χ1n) is 7.34. The van der Waals surface area contributed by atoms with Crippen molar-refractivity contribution in [3.05, 3.63) is 22.9 Å². The molecule has 1 unspecified atom stereocenters. The smallest absolute Gasteiger partial charge is 0.139 e. The number of piperazine rings is 1. The van der Waals surface area contributed by atoms with Crippen LogP contribution in [0.3, 0.4) is 0 Å². The van der Waals surface area contributed by atoms with E-state index in [1.807, 2.05) is 0 Å². The fraction of sp³-hybridized carbons (Fsp3) is 0.600. The maximum Gasteiger partial charge on any atom is 0.139 e. The number of anilines is 1. The van der Waals surface area contributed by atoms with E-state index in [-0.39, 0.29) is 0 Å². The highest BCUT2D eigenvalue weighted by atomic mass is 32.1. The van der Waals surface area contributed by atoms with Crippen LogP contribution in [0.5, 0.6) is 0 Å². The van der Waals surface area contributed by atoms with Gasteiger partial charge in [-0.1, -0.05) is 12.2 Å². The van der Waals surface area contributed by atoms with Crippen LogP contribution >= 0.6 is 12.2 Å². The number of thiocarbonyl (C=S) groups is 1. The van der Waals surface area contributed by atoms with Crippen LogP contribution in [-0.4, -0.2) is 47.6 Å². The standard InChI is InChI=1S/C15H22N4S/c1-10-9-18(2)6-7-19(10)15-12(14(16)20)8-11-4-3-5-13(11)17-15/h8,10H,3-7,9H2,1-2H3,(H2,16,20). The molecule has 1 atom stereocenters. The number of aromatic nitrogens is 1. The molecule has 3 rings (SSSR count). The van der Waals surface area contributed by atoms with Gasteiger partial charge in [-0.25, -0.2) is 4.98 Å². The summed E-state index contributed by atoms with van der Waals surface area (Å²) in [4.78, 5) is 10.1. The molecule has 0 amide bonds. The van der Waals surface area contributed by atoms with Gasteiger partial charge >= 0.3 is 0 Å². The molecule has 5 heteroatoms. The molecule has 4 nitrogen and oxygen atoms in total. The highest BCUT2D eigenvalue weighted by Gasteiger charge is 2.27. The number of rotatable bonds is 2. The largest absolute Gasteiger partial charge is 0.389 e. The van der Waals surface area contributed by atoms with Crippen molar-refractivity contribution in [2.45, 2.75) is 32.2 Å². The zero-order chi connectivity index (χ0) is 14.3. The fourth-order valence-corrected chi connectivity index (χ4v) is 3.47. The first kappa shape index (κ1) is 13.8. The van der Waals surface area contributed by atoms with Crippen molar-refractivity contribution in [2.24, 2.45) is 5.73 Å². The van der Waals surface area contributed by atoms with Crippen LogP contribution in [0, 0.1) is 0 Å². The van der Waals surface area contributed by atoms with E-state index >= 15 is 0 Å². The summed E-state index contributed by atoms with van der Waals surface area (Å²) < 4.78 is 0. The molecule has 0 radical (unpaired) electrons. The Bertz CT molecular complexity index is 543. The minimum Gasteiger partial charge on any atom is -0.389 e. The van der Waals surface area contributed by atoms with Crippen molar-refractivity contribution in [3.63, 3.8) is 0 Å². The number of nitrogens with two attached hydrogens (primary N) is 1. The van der Waals surface area contributed by atoms with Crippen LogP contribution in [-0.2, 0) is 12.8 Å². The maximum atomic E-state index is 5.94. The Balaban J connectivity index is 2.01. The number of aryl methyl sites for hydroxylation is 2. The molecular formula is C15H22N4S. The molecule has 108 valence electrons. The van der Waals surface area contributed by atoms with Gasteiger partial charge in [0, 0.05) is 31.4 Å². The first-order chi connectivity index (χ1) is 9.56. The number of hydrogen-bond donors (Lipinski definition) is 1. The molecule has 1 aliphatic carbocycles. The van der Waals surface area contributed by atoms with E-state index in [0.717, 1.165) is 43.9 Å². The third-order valence-electron chi connectivity index (χ3n) is 4.40. The molecule has 0 bridgehead atoms. The molecular weight excluding hydrogens is 268 g/mol. The lowest BCUT2D eigenvalue weighted by Crippen LogP contribution is -2.51. The summed E-state index contributed by atoms with van der Waals surface area (Å²) in [6.45, 7) is 5.34. The lowest BCUT2D eigenvalue weighted by molar-refractivity contribution is 0.274. The van der Waals surface area contributed by atoms with Crippen molar-refractivity contribution in [2.75, 3.05) is 31.6 Å². The van der Waals surface area contributed by atoms with Gasteiger partial charge in [0.25, 0.3) is 0 Å². The van der Waals surface area contributed by atoms with E-state index in [1.165, 1.54) is 17.7 Å². The molecule has 0 aromatic carbocycles. The molecule has 2 N–H and O–H groups in total. The number of pyridine rings is 1. The zero-order valence-electron chi connectivity index (χ0n) is 12.2. The highest BCUT2D eigenvalue weighted by molar-refractivity contribution is 7.80. The molecule has 0 saturated carbocycles. The van der Waals surface area contributed by atoms with Gasteiger partial charge in [0.15, 0.2) is 0 Å². The molecule has 1 fully saturated rings. The van der Waals surface area contributed by atoms with Crippen LogP contribution in [0.4, 0.5) is 5.82 Å². The number of fused-ring (bicyclic) bond motifs is 1. The molecule has 20 heavy (non-hydrogen) atoms. The number of hydrogen-bond acceptors (Lipinski definition) is 4. The third kappa shape index (κ3) is 2.40. The van der Waals surface area contributed by atoms with Gasteiger partial charge in [-0.15, -0.1) is 0 Å². The quantitative estimate of drug-likeness (QED) is 0.833. The Hall–Kier alpha value is -1.20. The Morgan fingerprint density at radius 2 is 2.20 bits per heavy atom. The van der Waals surface area contributed by atoms with E-state index in [0.29, 0.717) is 11.0 Å². The monoisotopic (exact) mass is 290 g/mol. The Morgan fingerprint density at radius 3 is 2.90 bits per heavy atom. The summed E-state index contributed by atoms with van der Waals surface area (Å²) >= 11 is 5.25. The zero-order valence-corrected chi connectivity index (χ0v) is 13.0. The topological polar surface area (TPSA) is 45.4 Å². The Morgan fingerprint density at radius 1 is 1.40 bits per heavy atom. The van der Waals surface area contributed by atoms with Crippen molar-refractivity contribution >= 4 is 23.0 Å². The first-order valence-corrected chi connectivity index (χ1v) is 7.75. The summed E-state index contributed by atoms with van der Waals surface area (Å²) in [6, 6.07) is 2.62. The summed E-state index contributed by atoms with van der Waals surface area (Å²) in [7, 11) is 2.17. The summed E-state index contributed by atoms with van der Waals surface area (Å²) in [5.74, 6) is 0.999. The van der Waals surface area contributed by atoms with Crippen LogP contribution in [0.15, 0.2) is 6.07 Å². The minimum atomic E-state index is 0.439. The van der Waals surface area contributed by atoms with Gasteiger partial charge in [0.1, 0.15) is 10.8 Å². The van der Waals surface area contributed by atoms with Crippen molar-refractivity contribution in [1.29, 1.82) is 0 Å². The van der Waals surface area contributed by atoms with E-state index in [1.54, 1.807) is 0 Å². The third-order valence-corrected chi connectivity index (χ3v) is 4.62. The van der Waals surface area contributed by atoms with Gasteiger partial charge in [0.05, 0.1) is 5.56 Å². The molecule has 1 saturated heterocycles. The molecule has 1 aromatic heterocycles. The van der Waals surface area contributed by atoms with Crippen LogP contribution < -0.4 is 10.6 Å². The second kappa shape index (κ2) is 5.30. The van der Waals surface area contributed by atoms with Gasteiger partial charge in [-0.2, -0.15) is 0 Å². The summed E-state index contributed by atoms with van der Waals surface area (Å²) in [6.07, 6.45) is 3.39. The van der Waals surface area contributed by atoms with Crippen LogP contribution in [0.25, 0.3) is 0 Å². The highest BCUT2D eigenvalue weighted by Crippen LogP contribution is 2.29. The Kier molecular flexibility index (Phi) is 3.65. The second-order valence-corrected chi connectivity index (χ2v) is 6.43. The van der Waals surface area contributed by atoms with Crippen molar-refractivity contribution < 1.29 is 0 Å². The van der Waals surface area contributed by atoms with Crippen molar-refractivity contribution in [3.8, 4) is 0 Å². The molecule has 0 spiro atoms. The van der Waals surface area contributed by atoms with Crippen molar-refractivity contribution in [1.82, 2.24) is 9.88 Å². The Labute approximate surface area is 126 Å². The van der Waals surface area contributed by atoms with Gasteiger partial charge in [0.2, 0.25) is 0 Å². The predicted octanol–water partition coefficient (Wildman–Crippen LogP) is 1.34. The lowest BCUT2D eigenvalue weighted by atomic mass is 10.1. The van der Waals surface area contributed by atoms with Crippen LogP contribution in [0.2, 0.25) is 0 Å². The predicted molar refractivity (Wildman–Crippen MR) is 86.5 cm³/mol. The van der Waals surface area contributed by atoms with Crippen LogP contribution in [0.1, 0.15) is 30.2 Å². The number of nitrogens with zero attached hydrogens (tertiary/aromatic N) is 3. The molecule has 2 heterocycles. The summed E-state index contributed by atoms with van der Waals surface area (Å²) in [5, 5.41) is 0. The average Bonchev–Trinajstić information content (AvgIpc) is 2.84. The second-order valence-electron chi connectivity index (χ2n) is 5.99. The van der Waals surface area contributed by atoms with Gasteiger partial charge in [-0.05, 0) is 44.9 Å². The van der Waals surface area contributed by atoms with Gasteiger partial charge < -0.3 is 15.5 Å². The number of likely N-dealkylation sites (N-methyl/N-ethyl adjacent to an activating group) is 1. The normalized spacial score (nSPS) is 22.9. The minimum absolute atomic E-state index is 0.439. The lowest BCUT2D eigenvalue weighted by Gasteiger charge is -2.40. The molecule has 1 aromatic rings. The van der Waals surface area contributed by atoms with E-state index in [4.69, 9.17) is 22.9 Å². The van der Waals surface area contributed by atoms with E-state index in [2.05, 4.69) is 29.8 Å². The van der Waals surface area contributed by atoms with Gasteiger partial charge in [-0.3, -0.25) is 0 Å². The maximum absolute atomic E-state index is 5.94. The molecule has 2 aliphatic rings. The summed E-state index contributed by atoms with van der Waals surface area (Å²) in [5.41, 5.74) is 9.47. The average molecular weight is 290 g/mol.